The number of allylic oxidation sites excluding steroid dienone is 1. The molecule has 5 aliphatic carbocycles. The summed E-state index contributed by atoms with van der Waals surface area (Å²) >= 11 is 0. The molecule has 0 aromatic heterocycles. The zero-order valence-electron chi connectivity index (χ0n) is 9.45. The fraction of sp³-hybridized carbons (Fsp3) is 0.615. The molecule has 0 amide bonds. The lowest BCUT2D eigenvalue weighted by molar-refractivity contribution is -0.170. The molecule has 0 aromatic rings. The summed E-state index contributed by atoms with van der Waals surface area (Å²) in [5.41, 5.74) is 1.24. The molecule has 3 fully saturated rings. The quantitative estimate of drug-likeness (QED) is 0.574. The number of ether oxygens (including phenoxy) is 1. The number of aliphatic hydroxyl groups excluding tert-OH is 1. The van der Waals surface area contributed by atoms with E-state index in [9.17, 15) is 9.90 Å². The summed E-state index contributed by atoms with van der Waals surface area (Å²) < 4.78 is 5.57. The highest BCUT2D eigenvalue weighted by Gasteiger charge is 2.58. The molecule has 86 valence electrons. The molecule has 3 heteroatoms. The Balaban J connectivity index is 1.84. The molecular formula is C13H16O3. The van der Waals surface area contributed by atoms with Gasteiger partial charge in [0, 0.05) is 12.0 Å². The highest BCUT2D eigenvalue weighted by atomic mass is 16.6. The first-order chi connectivity index (χ1) is 7.51. The van der Waals surface area contributed by atoms with Gasteiger partial charge in [-0.25, -0.2) is 4.79 Å². The van der Waals surface area contributed by atoms with Crippen LogP contribution in [0.1, 0.15) is 32.6 Å². The number of fused-ring (bicyclic) bond motifs is 1. The van der Waals surface area contributed by atoms with Crippen LogP contribution in [0.3, 0.4) is 0 Å². The van der Waals surface area contributed by atoms with E-state index >= 15 is 0 Å². The van der Waals surface area contributed by atoms with E-state index in [-0.39, 0.29) is 5.97 Å². The second-order valence-corrected chi connectivity index (χ2v) is 5.47. The van der Waals surface area contributed by atoms with Crippen molar-refractivity contribution in [2.45, 2.75) is 38.2 Å². The van der Waals surface area contributed by atoms with E-state index in [1.54, 1.807) is 6.92 Å². The van der Waals surface area contributed by atoms with E-state index in [0.717, 1.165) is 19.3 Å². The highest BCUT2D eigenvalue weighted by Crippen LogP contribution is 2.61. The lowest BCUT2D eigenvalue weighted by Crippen LogP contribution is -2.54. The fourth-order valence-corrected chi connectivity index (χ4v) is 3.56. The SMILES string of the molecule is C=C(C)C(=O)OC12CC(O)=C3C(C[C@H]3C1)C2. The average Bonchev–Trinajstić information content (AvgIpc) is 2.14. The maximum absolute atomic E-state index is 11.6. The standard InChI is InChI=1S/C13H16O3/c1-7(2)12(15)16-13-4-8-3-9(5-13)11(8)10(14)6-13/h8-9,14H,1,3-6H2,2H3/t8-,9?,13?/m0/s1. The zero-order valence-corrected chi connectivity index (χ0v) is 9.45. The molecule has 0 spiro atoms. The minimum atomic E-state index is -0.435. The van der Waals surface area contributed by atoms with E-state index in [1.165, 1.54) is 5.57 Å². The van der Waals surface area contributed by atoms with Crippen molar-refractivity contribution in [2.75, 3.05) is 0 Å². The first-order valence-electron chi connectivity index (χ1n) is 5.81. The largest absolute Gasteiger partial charge is 0.512 e. The van der Waals surface area contributed by atoms with Crippen LogP contribution in [0.5, 0.6) is 0 Å². The van der Waals surface area contributed by atoms with Gasteiger partial charge >= 0.3 is 5.97 Å². The summed E-state index contributed by atoms with van der Waals surface area (Å²) in [6.45, 7) is 5.26. The zero-order chi connectivity index (χ0) is 11.5. The topological polar surface area (TPSA) is 46.5 Å². The predicted molar refractivity (Wildman–Crippen MR) is 58.7 cm³/mol. The van der Waals surface area contributed by atoms with Crippen molar-refractivity contribution in [3.63, 3.8) is 0 Å². The van der Waals surface area contributed by atoms with E-state index in [1.807, 2.05) is 0 Å². The third kappa shape index (κ3) is 1.17. The summed E-state index contributed by atoms with van der Waals surface area (Å²) in [6.07, 6.45) is 3.45. The molecule has 2 unspecified atom stereocenters. The monoisotopic (exact) mass is 220 g/mol. The molecule has 16 heavy (non-hydrogen) atoms. The predicted octanol–water partition coefficient (Wildman–Crippen LogP) is 2.49. The van der Waals surface area contributed by atoms with Gasteiger partial charge in [-0.15, -0.1) is 0 Å². The van der Waals surface area contributed by atoms with Crippen LogP contribution in [0.4, 0.5) is 0 Å². The van der Waals surface area contributed by atoms with Gasteiger partial charge in [-0.1, -0.05) is 6.58 Å². The highest BCUT2D eigenvalue weighted by molar-refractivity contribution is 5.87. The van der Waals surface area contributed by atoms with Crippen LogP contribution in [-0.2, 0) is 9.53 Å². The maximum Gasteiger partial charge on any atom is 0.333 e. The number of carbonyl (C=O) groups is 1. The molecule has 4 bridgehead atoms. The first-order valence-corrected chi connectivity index (χ1v) is 5.81. The van der Waals surface area contributed by atoms with Crippen molar-refractivity contribution in [1.29, 1.82) is 0 Å². The van der Waals surface area contributed by atoms with Gasteiger partial charge in [-0.2, -0.15) is 0 Å². The molecule has 0 saturated heterocycles. The van der Waals surface area contributed by atoms with Gasteiger partial charge in [0.15, 0.2) is 0 Å². The summed E-state index contributed by atoms with van der Waals surface area (Å²) in [4.78, 5) is 11.6. The van der Waals surface area contributed by atoms with Gasteiger partial charge in [0.2, 0.25) is 0 Å². The number of hydrogen-bond donors (Lipinski definition) is 1. The van der Waals surface area contributed by atoms with Gasteiger partial charge in [-0.3, -0.25) is 0 Å². The molecule has 1 N–H and O–H groups in total. The third-order valence-corrected chi connectivity index (χ3v) is 4.17. The Morgan fingerprint density at radius 1 is 1.50 bits per heavy atom. The molecule has 3 nitrogen and oxygen atoms in total. The number of aliphatic hydroxyl groups is 1. The van der Waals surface area contributed by atoms with Gasteiger partial charge in [0.05, 0.1) is 5.76 Å². The smallest absolute Gasteiger partial charge is 0.333 e. The molecule has 0 heterocycles. The Bertz CT molecular complexity index is 405. The van der Waals surface area contributed by atoms with Gasteiger partial charge in [-0.05, 0) is 43.6 Å². The van der Waals surface area contributed by atoms with E-state index in [2.05, 4.69) is 6.58 Å². The summed E-state index contributed by atoms with van der Waals surface area (Å²) in [5.74, 6) is 1.08. The van der Waals surface area contributed by atoms with Crippen molar-refractivity contribution in [3.8, 4) is 0 Å². The van der Waals surface area contributed by atoms with E-state index in [4.69, 9.17) is 4.74 Å². The Morgan fingerprint density at radius 3 is 2.62 bits per heavy atom. The van der Waals surface area contributed by atoms with Crippen LogP contribution in [0.25, 0.3) is 0 Å². The van der Waals surface area contributed by atoms with Crippen molar-refractivity contribution in [3.05, 3.63) is 23.5 Å². The van der Waals surface area contributed by atoms with Crippen molar-refractivity contribution < 1.29 is 14.6 Å². The van der Waals surface area contributed by atoms with Crippen molar-refractivity contribution in [1.82, 2.24) is 0 Å². The molecule has 3 saturated carbocycles. The van der Waals surface area contributed by atoms with Crippen LogP contribution >= 0.6 is 0 Å². The van der Waals surface area contributed by atoms with Crippen molar-refractivity contribution in [2.24, 2.45) is 11.8 Å². The number of hydrogen-bond acceptors (Lipinski definition) is 3. The van der Waals surface area contributed by atoms with Crippen LogP contribution in [0.15, 0.2) is 23.5 Å². The minimum Gasteiger partial charge on any atom is -0.512 e. The second-order valence-electron chi connectivity index (χ2n) is 5.47. The lowest BCUT2D eigenvalue weighted by atomic mass is 9.51. The molecule has 3 atom stereocenters. The Kier molecular flexibility index (Phi) is 1.80. The maximum atomic E-state index is 11.6. The van der Waals surface area contributed by atoms with Crippen LogP contribution in [-0.4, -0.2) is 16.7 Å². The first kappa shape index (κ1) is 9.94. The van der Waals surface area contributed by atoms with Crippen molar-refractivity contribution >= 4 is 5.97 Å². The molecule has 5 aliphatic rings. The number of rotatable bonds is 2. The third-order valence-electron chi connectivity index (χ3n) is 4.17. The Labute approximate surface area is 94.8 Å². The van der Waals surface area contributed by atoms with E-state index < -0.39 is 5.60 Å². The molecular weight excluding hydrogens is 204 g/mol. The molecule has 5 rings (SSSR count). The average molecular weight is 220 g/mol. The minimum absolute atomic E-state index is 0.322. The Morgan fingerprint density at radius 2 is 2.12 bits per heavy atom. The molecule has 0 aromatic carbocycles. The molecule has 0 aliphatic heterocycles. The summed E-state index contributed by atoms with van der Waals surface area (Å²) in [5, 5.41) is 9.88. The van der Waals surface area contributed by atoms with Crippen LogP contribution in [0, 0.1) is 11.8 Å². The summed E-state index contributed by atoms with van der Waals surface area (Å²) in [6, 6.07) is 0. The summed E-state index contributed by atoms with van der Waals surface area (Å²) in [7, 11) is 0. The van der Waals surface area contributed by atoms with Gasteiger partial charge < -0.3 is 9.84 Å². The molecule has 0 radical (unpaired) electrons. The second kappa shape index (κ2) is 2.90. The number of esters is 1. The van der Waals surface area contributed by atoms with Gasteiger partial charge in [0.1, 0.15) is 5.60 Å². The van der Waals surface area contributed by atoms with Crippen LogP contribution in [0.2, 0.25) is 0 Å². The normalized spacial score (nSPS) is 39.3. The number of carbonyl (C=O) groups excluding carboxylic acids is 1. The van der Waals surface area contributed by atoms with Crippen LogP contribution < -0.4 is 0 Å². The van der Waals surface area contributed by atoms with E-state index in [0.29, 0.717) is 29.6 Å². The van der Waals surface area contributed by atoms with Gasteiger partial charge in [0.25, 0.3) is 0 Å². The Hall–Kier alpha value is -1.25. The lowest BCUT2D eigenvalue weighted by Gasteiger charge is -2.57. The fourth-order valence-electron chi connectivity index (χ4n) is 3.56.